The minimum Gasteiger partial charge on any atom is -0.396 e. The minimum absolute atomic E-state index is 0.0392. The zero-order chi connectivity index (χ0) is 19.9. The van der Waals surface area contributed by atoms with Crippen LogP contribution in [0.3, 0.4) is 0 Å². The van der Waals surface area contributed by atoms with Gasteiger partial charge in [-0.1, -0.05) is 11.6 Å². The molecule has 4 rings (SSSR count). The summed E-state index contributed by atoms with van der Waals surface area (Å²) in [5, 5.41) is 13.8. The highest BCUT2D eigenvalue weighted by atomic mass is 35.5. The Balaban J connectivity index is 1.80. The number of imidazole rings is 1. The smallest absolute Gasteiger partial charge is 0.396 e. The van der Waals surface area contributed by atoms with E-state index in [1.165, 1.54) is 6.07 Å². The lowest BCUT2D eigenvalue weighted by Gasteiger charge is -2.10. The van der Waals surface area contributed by atoms with Gasteiger partial charge in [-0.25, -0.2) is 4.98 Å². The molecule has 9 heteroatoms. The number of nitrogens with one attached hydrogen (secondary N) is 2. The molecule has 0 saturated carbocycles. The molecule has 0 spiro atoms. The molecule has 0 radical (unpaired) electrons. The maximum absolute atomic E-state index is 13.0. The van der Waals surface area contributed by atoms with Crippen LogP contribution in [0.4, 0.5) is 24.8 Å². The van der Waals surface area contributed by atoms with Gasteiger partial charge in [0.05, 0.1) is 22.3 Å². The van der Waals surface area contributed by atoms with Crippen LogP contribution in [0.1, 0.15) is 12.0 Å². The number of benzene rings is 2. The number of nitrogens with zero attached hydrogens (tertiary/aromatic N) is 2. The maximum atomic E-state index is 13.0. The first-order chi connectivity index (χ1) is 13.4. The van der Waals surface area contributed by atoms with Crippen LogP contribution in [-0.2, 0) is 12.7 Å². The van der Waals surface area contributed by atoms with Gasteiger partial charge in [-0.3, -0.25) is 0 Å². The van der Waals surface area contributed by atoms with E-state index in [9.17, 15) is 18.3 Å². The van der Waals surface area contributed by atoms with Crippen LogP contribution < -0.4 is 5.32 Å². The molecular weight excluding hydrogens is 393 g/mol. The fraction of sp³-hybridized carbons (Fsp3) is 0.211. The number of aliphatic hydroxyl groups excluding tert-OH is 1. The van der Waals surface area contributed by atoms with Crippen molar-refractivity contribution in [3.8, 4) is 0 Å². The summed E-state index contributed by atoms with van der Waals surface area (Å²) < 4.78 is 40.9. The molecule has 2 heterocycles. The van der Waals surface area contributed by atoms with Crippen molar-refractivity contribution in [2.45, 2.75) is 19.1 Å². The van der Waals surface area contributed by atoms with Crippen LogP contribution in [0.5, 0.6) is 0 Å². The molecule has 3 N–H and O–H groups in total. The zero-order valence-corrected chi connectivity index (χ0v) is 15.3. The Morgan fingerprint density at radius 3 is 2.75 bits per heavy atom. The third kappa shape index (κ3) is 3.41. The lowest BCUT2D eigenvalue weighted by molar-refractivity contribution is -0.137. The Bertz CT molecular complexity index is 1150. The van der Waals surface area contributed by atoms with Gasteiger partial charge in [-0.2, -0.15) is 13.2 Å². The number of aryl methyl sites for hydroxylation is 1. The largest absolute Gasteiger partial charge is 0.416 e. The second kappa shape index (κ2) is 7.03. The molecule has 28 heavy (non-hydrogen) atoms. The van der Waals surface area contributed by atoms with Gasteiger partial charge < -0.3 is 20.0 Å². The van der Waals surface area contributed by atoms with E-state index in [4.69, 9.17) is 11.6 Å². The normalized spacial score (nSPS) is 12.2. The molecular formula is C19H16ClF3N4O. The van der Waals surface area contributed by atoms with E-state index in [0.29, 0.717) is 35.1 Å². The molecule has 0 unspecified atom stereocenters. The Morgan fingerprint density at radius 2 is 2.00 bits per heavy atom. The van der Waals surface area contributed by atoms with Crippen LogP contribution in [-0.4, -0.2) is 26.2 Å². The monoisotopic (exact) mass is 408 g/mol. The lowest BCUT2D eigenvalue weighted by atomic mass is 10.2. The molecule has 5 nitrogen and oxygen atoms in total. The molecule has 0 aliphatic heterocycles. The van der Waals surface area contributed by atoms with Crippen molar-refractivity contribution in [1.29, 1.82) is 0 Å². The van der Waals surface area contributed by atoms with Crippen LogP contribution in [0.15, 0.2) is 42.6 Å². The van der Waals surface area contributed by atoms with Crippen molar-refractivity contribution in [1.82, 2.24) is 14.5 Å². The van der Waals surface area contributed by atoms with Crippen LogP contribution in [0.25, 0.3) is 21.9 Å². The van der Waals surface area contributed by atoms with Crippen molar-refractivity contribution >= 4 is 45.2 Å². The Labute approximate surface area is 162 Å². The van der Waals surface area contributed by atoms with Gasteiger partial charge in [0.1, 0.15) is 0 Å². The number of anilines is 2. The number of halogens is 4. The van der Waals surface area contributed by atoms with Gasteiger partial charge in [0.15, 0.2) is 0 Å². The second-order valence-electron chi connectivity index (χ2n) is 6.38. The number of alkyl halides is 3. The summed E-state index contributed by atoms with van der Waals surface area (Å²) in [5.74, 6) is 0.392. The molecule has 2 aromatic heterocycles. The number of fused-ring (bicyclic) bond motifs is 2. The number of aromatic amines is 1. The predicted octanol–water partition coefficient (Wildman–Crippen LogP) is 5.32. The number of H-pyrrole nitrogens is 1. The van der Waals surface area contributed by atoms with Gasteiger partial charge in [0.2, 0.25) is 5.95 Å². The summed E-state index contributed by atoms with van der Waals surface area (Å²) in [5.41, 5.74) is 1.60. The molecule has 0 aliphatic rings. The summed E-state index contributed by atoms with van der Waals surface area (Å²) >= 11 is 6.08. The number of rotatable bonds is 5. The topological polar surface area (TPSA) is 65.9 Å². The molecule has 0 aliphatic carbocycles. The molecule has 4 aromatic rings. The van der Waals surface area contributed by atoms with Crippen molar-refractivity contribution in [2.24, 2.45) is 0 Å². The number of aliphatic hydroxyl groups is 1. The standard InChI is InChI=1S/C19H16ClF3N4O/c20-12-3-4-14-13(9-12)16(10-24-14)26-18-25-15-8-11(19(21,22)23)2-5-17(15)27(18)6-1-7-28/h2-5,8-10,24,28H,1,6-7H2,(H,25,26). The van der Waals surface area contributed by atoms with Crippen LogP contribution in [0.2, 0.25) is 5.02 Å². The van der Waals surface area contributed by atoms with Crippen molar-refractivity contribution < 1.29 is 18.3 Å². The van der Waals surface area contributed by atoms with E-state index in [1.54, 1.807) is 22.9 Å². The van der Waals surface area contributed by atoms with E-state index in [0.717, 1.165) is 23.0 Å². The molecule has 0 fully saturated rings. The first-order valence-corrected chi connectivity index (χ1v) is 8.96. The molecule has 0 atom stereocenters. The lowest BCUT2D eigenvalue weighted by Crippen LogP contribution is -2.06. The molecule has 2 aromatic carbocycles. The molecule has 0 saturated heterocycles. The summed E-state index contributed by atoms with van der Waals surface area (Å²) in [4.78, 5) is 7.48. The van der Waals surface area contributed by atoms with E-state index >= 15 is 0 Å². The van der Waals surface area contributed by atoms with E-state index < -0.39 is 11.7 Å². The third-order valence-corrected chi connectivity index (χ3v) is 4.74. The van der Waals surface area contributed by atoms with Crippen LogP contribution >= 0.6 is 11.6 Å². The summed E-state index contributed by atoms with van der Waals surface area (Å²) in [6, 6.07) is 8.86. The highest BCUT2D eigenvalue weighted by Crippen LogP contribution is 2.34. The van der Waals surface area contributed by atoms with Crippen molar-refractivity contribution in [2.75, 3.05) is 11.9 Å². The highest BCUT2D eigenvalue weighted by molar-refractivity contribution is 6.31. The summed E-state index contributed by atoms with van der Waals surface area (Å²) in [6.07, 6.45) is -2.25. The van der Waals surface area contributed by atoms with Gasteiger partial charge in [-0.05, 0) is 42.8 Å². The first kappa shape index (κ1) is 18.6. The van der Waals surface area contributed by atoms with Crippen molar-refractivity contribution in [3.05, 3.63) is 53.2 Å². The molecule has 0 amide bonds. The fourth-order valence-corrected chi connectivity index (χ4v) is 3.35. The SMILES string of the molecule is OCCCn1c(Nc2c[nH]c3ccc(Cl)cc23)nc2cc(C(F)(F)F)ccc21. The predicted molar refractivity (Wildman–Crippen MR) is 103 cm³/mol. The Kier molecular flexibility index (Phi) is 4.68. The number of aromatic nitrogens is 3. The van der Waals surface area contributed by atoms with Gasteiger partial charge in [0, 0.05) is 35.3 Å². The molecule has 146 valence electrons. The Morgan fingerprint density at radius 1 is 1.18 bits per heavy atom. The second-order valence-corrected chi connectivity index (χ2v) is 6.82. The number of hydrogen-bond donors (Lipinski definition) is 3. The van der Waals surface area contributed by atoms with Crippen LogP contribution in [0, 0.1) is 0 Å². The quantitative estimate of drug-likeness (QED) is 0.419. The van der Waals surface area contributed by atoms with Gasteiger partial charge in [-0.15, -0.1) is 0 Å². The minimum atomic E-state index is -4.44. The summed E-state index contributed by atoms with van der Waals surface area (Å²) in [7, 11) is 0. The van der Waals surface area contributed by atoms with Gasteiger partial charge in [0.25, 0.3) is 0 Å². The average Bonchev–Trinajstić information content (AvgIpc) is 3.20. The van der Waals surface area contributed by atoms with E-state index in [1.807, 2.05) is 6.07 Å². The third-order valence-electron chi connectivity index (χ3n) is 4.51. The highest BCUT2D eigenvalue weighted by Gasteiger charge is 2.31. The fourth-order valence-electron chi connectivity index (χ4n) is 3.17. The van der Waals surface area contributed by atoms with E-state index in [-0.39, 0.29) is 12.1 Å². The maximum Gasteiger partial charge on any atom is 0.416 e. The van der Waals surface area contributed by atoms with Gasteiger partial charge >= 0.3 is 6.18 Å². The average molecular weight is 409 g/mol. The molecule has 0 bridgehead atoms. The number of hydrogen-bond acceptors (Lipinski definition) is 3. The zero-order valence-electron chi connectivity index (χ0n) is 14.5. The first-order valence-electron chi connectivity index (χ1n) is 8.59. The summed E-state index contributed by atoms with van der Waals surface area (Å²) in [6.45, 7) is 0.367. The van der Waals surface area contributed by atoms with Crippen molar-refractivity contribution in [3.63, 3.8) is 0 Å². The van der Waals surface area contributed by atoms with E-state index in [2.05, 4.69) is 15.3 Å². The Hall–Kier alpha value is -2.71.